The fraction of sp³-hybridized carbons (Fsp3) is 0.400. The molecule has 1 aromatic heterocycles. The molecule has 0 aliphatic carbocycles. The van der Waals surface area contributed by atoms with Gasteiger partial charge in [0.05, 0.1) is 11.9 Å². The summed E-state index contributed by atoms with van der Waals surface area (Å²) in [4.78, 5) is 15.4. The highest BCUT2D eigenvalue weighted by atomic mass is 16.1. The molecule has 0 aliphatic rings. The van der Waals surface area contributed by atoms with Gasteiger partial charge in [0.15, 0.2) is 0 Å². The van der Waals surface area contributed by atoms with Crippen molar-refractivity contribution in [2.75, 3.05) is 11.9 Å². The van der Waals surface area contributed by atoms with Crippen molar-refractivity contribution < 1.29 is 4.79 Å². The van der Waals surface area contributed by atoms with Crippen LogP contribution in [0.3, 0.4) is 0 Å². The summed E-state index contributed by atoms with van der Waals surface area (Å²) in [6.07, 6.45) is 3.98. The van der Waals surface area contributed by atoms with E-state index in [2.05, 4.69) is 10.3 Å². The lowest BCUT2D eigenvalue weighted by Gasteiger charge is -2.10. The second-order valence-corrected chi connectivity index (χ2v) is 3.21. The van der Waals surface area contributed by atoms with Gasteiger partial charge in [-0.05, 0) is 25.1 Å². The first-order valence-corrected chi connectivity index (χ1v) is 4.65. The van der Waals surface area contributed by atoms with Gasteiger partial charge in [-0.3, -0.25) is 9.78 Å². The summed E-state index contributed by atoms with van der Waals surface area (Å²) in [6, 6.07) is 3.59. The molecule has 0 bridgehead atoms. The van der Waals surface area contributed by atoms with Gasteiger partial charge in [0.25, 0.3) is 0 Å². The van der Waals surface area contributed by atoms with Gasteiger partial charge in [0, 0.05) is 12.1 Å². The van der Waals surface area contributed by atoms with E-state index in [4.69, 9.17) is 5.73 Å². The molecule has 1 aromatic rings. The van der Waals surface area contributed by atoms with Gasteiger partial charge in [-0.1, -0.05) is 6.92 Å². The van der Waals surface area contributed by atoms with Gasteiger partial charge in [0.2, 0.25) is 5.91 Å². The minimum Gasteiger partial charge on any atom is -0.330 e. The number of nitrogens with zero attached hydrogens (tertiary/aromatic N) is 1. The number of nitrogens with one attached hydrogen (secondary N) is 1. The minimum absolute atomic E-state index is 0.0107. The van der Waals surface area contributed by atoms with E-state index in [1.54, 1.807) is 24.5 Å². The van der Waals surface area contributed by atoms with Crippen LogP contribution in [0.25, 0.3) is 0 Å². The fourth-order valence-corrected chi connectivity index (χ4v) is 1.08. The summed E-state index contributed by atoms with van der Waals surface area (Å²) >= 11 is 0. The molecule has 1 rings (SSSR count). The lowest BCUT2D eigenvalue weighted by Crippen LogP contribution is -2.22. The third kappa shape index (κ3) is 3.14. The van der Waals surface area contributed by atoms with E-state index in [-0.39, 0.29) is 11.8 Å². The Balaban J connectivity index is 2.49. The van der Waals surface area contributed by atoms with Gasteiger partial charge >= 0.3 is 0 Å². The molecule has 4 nitrogen and oxygen atoms in total. The molecule has 1 amide bonds. The lowest BCUT2D eigenvalue weighted by atomic mass is 10.1. The molecule has 14 heavy (non-hydrogen) atoms. The van der Waals surface area contributed by atoms with E-state index in [1.165, 1.54) is 0 Å². The fourth-order valence-electron chi connectivity index (χ4n) is 1.08. The van der Waals surface area contributed by atoms with Crippen LogP contribution in [-0.4, -0.2) is 17.4 Å². The second kappa shape index (κ2) is 5.34. The van der Waals surface area contributed by atoms with Crippen LogP contribution >= 0.6 is 0 Å². The zero-order valence-electron chi connectivity index (χ0n) is 8.23. The van der Waals surface area contributed by atoms with Gasteiger partial charge in [-0.25, -0.2) is 0 Å². The van der Waals surface area contributed by atoms with Gasteiger partial charge in [-0.15, -0.1) is 0 Å². The van der Waals surface area contributed by atoms with Crippen molar-refractivity contribution in [3.63, 3.8) is 0 Å². The maximum absolute atomic E-state index is 11.5. The van der Waals surface area contributed by atoms with Crippen molar-refractivity contribution >= 4 is 11.6 Å². The van der Waals surface area contributed by atoms with Crippen molar-refractivity contribution in [2.24, 2.45) is 11.7 Å². The maximum atomic E-state index is 11.5. The molecule has 0 saturated heterocycles. The molecule has 0 aliphatic heterocycles. The molecule has 0 aromatic carbocycles. The number of hydrogen-bond donors (Lipinski definition) is 2. The number of hydrogen-bond acceptors (Lipinski definition) is 3. The zero-order valence-corrected chi connectivity index (χ0v) is 8.23. The monoisotopic (exact) mass is 193 g/mol. The summed E-state index contributed by atoms with van der Waals surface area (Å²) in [5.74, 6) is -0.0661. The number of rotatable bonds is 4. The Kier molecular flexibility index (Phi) is 4.07. The van der Waals surface area contributed by atoms with E-state index >= 15 is 0 Å². The van der Waals surface area contributed by atoms with Gasteiger partial charge in [-0.2, -0.15) is 0 Å². The second-order valence-electron chi connectivity index (χ2n) is 3.21. The molecule has 0 radical (unpaired) electrons. The van der Waals surface area contributed by atoms with Crippen LogP contribution in [-0.2, 0) is 4.79 Å². The smallest absolute Gasteiger partial charge is 0.227 e. The number of pyridine rings is 1. The molecule has 0 fully saturated rings. The molecule has 1 atom stereocenters. The van der Waals surface area contributed by atoms with Crippen LogP contribution in [0.1, 0.15) is 13.3 Å². The number of carbonyl (C=O) groups is 1. The van der Waals surface area contributed by atoms with Crippen molar-refractivity contribution in [3.8, 4) is 0 Å². The average Bonchev–Trinajstić information content (AvgIpc) is 2.19. The Morgan fingerprint density at radius 1 is 1.71 bits per heavy atom. The third-order valence-corrected chi connectivity index (χ3v) is 1.98. The summed E-state index contributed by atoms with van der Waals surface area (Å²) in [6.45, 7) is 2.39. The molecule has 4 heteroatoms. The molecule has 0 saturated carbocycles. The number of carbonyl (C=O) groups excluding carboxylic acids is 1. The molecular weight excluding hydrogens is 178 g/mol. The Labute approximate surface area is 83.5 Å². The van der Waals surface area contributed by atoms with E-state index in [1.807, 2.05) is 6.92 Å². The molecule has 3 N–H and O–H groups in total. The average molecular weight is 193 g/mol. The van der Waals surface area contributed by atoms with Crippen LogP contribution in [0.2, 0.25) is 0 Å². The summed E-state index contributed by atoms with van der Waals surface area (Å²) < 4.78 is 0. The summed E-state index contributed by atoms with van der Waals surface area (Å²) in [5, 5.41) is 2.77. The van der Waals surface area contributed by atoms with E-state index in [0.717, 1.165) is 5.69 Å². The Hall–Kier alpha value is -1.42. The normalized spacial score (nSPS) is 12.1. The highest BCUT2D eigenvalue weighted by Crippen LogP contribution is 2.07. The van der Waals surface area contributed by atoms with Crippen molar-refractivity contribution in [2.45, 2.75) is 13.3 Å². The number of aromatic nitrogens is 1. The van der Waals surface area contributed by atoms with E-state index in [9.17, 15) is 4.79 Å². The number of nitrogens with two attached hydrogens (primary N) is 1. The molecular formula is C10H15N3O. The lowest BCUT2D eigenvalue weighted by molar-refractivity contribution is -0.119. The van der Waals surface area contributed by atoms with Crippen LogP contribution in [0.5, 0.6) is 0 Å². The third-order valence-electron chi connectivity index (χ3n) is 1.98. The predicted molar refractivity (Wildman–Crippen MR) is 55.7 cm³/mol. The number of amides is 1. The van der Waals surface area contributed by atoms with Gasteiger partial charge in [0.1, 0.15) is 0 Å². The highest BCUT2D eigenvalue weighted by Gasteiger charge is 2.11. The SMILES string of the molecule is CC(CCN)C(=O)Nc1cccnc1. The first-order chi connectivity index (χ1) is 6.74. The first-order valence-electron chi connectivity index (χ1n) is 4.65. The predicted octanol–water partition coefficient (Wildman–Crippen LogP) is 1.00. The molecule has 1 heterocycles. The summed E-state index contributed by atoms with van der Waals surface area (Å²) in [7, 11) is 0. The van der Waals surface area contributed by atoms with Crippen LogP contribution in [0.15, 0.2) is 24.5 Å². The first kappa shape index (κ1) is 10.7. The Morgan fingerprint density at radius 3 is 3.07 bits per heavy atom. The van der Waals surface area contributed by atoms with Crippen LogP contribution < -0.4 is 11.1 Å². The van der Waals surface area contributed by atoms with Gasteiger partial charge < -0.3 is 11.1 Å². The molecule has 0 spiro atoms. The topological polar surface area (TPSA) is 68.0 Å². The minimum atomic E-state index is -0.0554. The largest absolute Gasteiger partial charge is 0.330 e. The summed E-state index contributed by atoms with van der Waals surface area (Å²) in [5.41, 5.74) is 6.09. The van der Waals surface area contributed by atoms with Crippen LogP contribution in [0, 0.1) is 5.92 Å². The Morgan fingerprint density at radius 2 is 2.50 bits per heavy atom. The highest BCUT2D eigenvalue weighted by molar-refractivity contribution is 5.92. The standard InChI is InChI=1S/C10H15N3O/c1-8(4-5-11)10(14)13-9-3-2-6-12-7-9/h2-3,6-8H,4-5,11H2,1H3,(H,13,14). The zero-order chi connectivity index (χ0) is 10.4. The van der Waals surface area contributed by atoms with Crippen molar-refractivity contribution in [1.82, 2.24) is 4.98 Å². The quantitative estimate of drug-likeness (QED) is 0.749. The van der Waals surface area contributed by atoms with Crippen molar-refractivity contribution in [1.29, 1.82) is 0 Å². The number of anilines is 1. The maximum Gasteiger partial charge on any atom is 0.227 e. The van der Waals surface area contributed by atoms with E-state index in [0.29, 0.717) is 13.0 Å². The van der Waals surface area contributed by atoms with Crippen molar-refractivity contribution in [3.05, 3.63) is 24.5 Å². The Bertz CT molecular complexity index is 287. The molecule has 1 unspecified atom stereocenters. The molecule has 76 valence electrons. The van der Waals surface area contributed by atoms with E-state index < -0.39 is 0 Å². The van der Waals surface area contributed by atoms with Crippen LogP contribution in [0.4, 0.5) is 5.69 Å².